The summed E-state index contributed by atoms with van der Waals surface area (Å²) in [4.78, 5) is 14.0. The van der Waals surface area contributed by atoms with Gasteiger partial charge < -0.3 is 10.2 Å². The Balaban J connectivity index is 1.83. The first-order valence-corrected chi connectivity index (χ1v) is 6.66. The molecule has 0 radical (unpaired) electrons. The highest BCUT2D eigenvalue weighted by Gasteiger charge is 2.32. The highest BCUT2D eigenvalue weighted by atomic mass is 16.2. The molecule has 1 aliphatic carbocycles. The number of hydrogen-bond acceptors (Lipinski definition) is 2. The maximum atomic E-state index is 12.0. The first-order valence-electron chi connectivity index (χ1n) is 6.66. The number of likely N-dealkylation sites (N-methyl/N-ethyl adjacent to an activating group) is 1. The largest absolute Gasteiger partial charge is 0.341 e. The van der Waals surface area contributed by atoms with Crippen LogP contribution in [0.15, 0.2) is 0 Å². The van der Waals surface area contributed by atoms with Crippen molar-refractivity contribution in [2.75, 3.05) is 20.1 Å². The summed E-state index contributed by atoms with van der Waals surface area (Å²) in [5.41, 5.74) is 0. The Morgan fingerprint density at radius 1 is 1.38 bits per heavy atom. The molecule has 0 spiro atoms. The fourth-order valence-electron chi connectivity index (χ4n) is 3.23. The van der Waals surface area contributed by atoms with Gasteiger partial charge in [-0.05, 0) is 38.1 Å². The zero-order chi connectivity index (χ0) is 11.5. The van der Waals surface area contributed by atoms with Crippen molar-refractivity contribution in [2.45, 2.75) is 45.1 Å². The normalized spacial score (nSPS) is 35.8. The number of rotatable bonds is 3. The fourth-order valence-corrected chi connectivity index (χ4v) is 3.23. The van der Waals surface area contributed by atoms with Crippen molar-refractivity contribution in [3.8, 4) is 0 Å². The van der Waals surface area contributed by atoms with E-state index in [1.54, 1.807) is 0 Å². The van der Waals surface area contributed by atoms with Gasteiger partial charge in [-0.25, -0.2) is 0 Å². The Kier molecular flexibility index (Phi) is 3.85. The summed E-state index contributed by atoms with van der Waals surface area (Å²) in [7, 11) is 1.88. The number of carbonyl (C=O) groups excluding carboxylic acids is 1. The third-order valence-corrected chi connectivity index (χ3v) is 4.17. The summed E-state index contributed by atoms with van der Waals surface area (Å²) in [6.07, 6.45) is 6.34. The van der Waals surface area contributed by atoms with Crippen LogP contribution < -0.4 is 5.32 Å². The molecule has 3 heteroatoms. The SMILES string of the molecule is CNC1CCN(CC2CCCC(C)C2)C1=O. The monoisotopic (exact) mass is 224 g/mol. The minimum absolute atomic E-state index is 0.0843. The molecule has 0 aromatic rings. The quantitative estimate of drug-likeness (QED) is 0.790. The van der Waals surface area contributed by atoms with Crippen LogP contribution in [0.5, 0.6) is 0 Å². The number of nitrogens with one attached hydrogen (secondary N) is 1. The number of hydrogen-bond donors (Lipinski definition) is 1. The second-order valence-corrected chi connectivity index (χ2v) is 5.55. The van der Waals surface area contributed by atoms with E-state index in [9.17, 15) is 4.79 Å². The number of amides is 1. The number of carbonyl (C=O) groups is 1. The van der Waals surface area contributed by atoms with Gasteiger partial charge in [-0.1, -0.05) is 19.8 Å². The summed E-state index contributed by atoms with van der Waals surface area (Å²) in [5.74, 6) is 1.93. The van der Waals surface area contributed by atoms with E-state index in [0.717, 1.165) is 31.3 Å². The van der Waals surface area contributed by atoms with Crippen LogP contribution in [0.4, 0.5) is 0 Å². The van der Waals surface area contributed by atoms with Gasteiger partial charge in [0.15, 0.2) is 0 Å². The van der Waals surface area contributed by atoms with Crippen molar-refractivity contribution in [2.24, 2.45) is 11.8 Å². The highest BCUT2D eigenvalue weighted by Crippen LogP contribution is 2.30. The zero-order valence-electron chi connectivity index (χ0n) is 10.5. The predicted molar refractivity (Wildman–Crippen MR) is 65.2 cm³/mol. The van der Waals surface area contributed by atoms with Gasteiger partial charge in [0.2, 0.25) is 5.91 Å². The van der Waals surface area contributed by atoms with Crippen LogP contribution in [0, 0.1) is 11.8 Å². The maximum absolute atomic E-state index is 12.0. The maximum Gasteiger partial charge on any atom is 0.239 e. The average Bonchev–Trinajstić information content (AvgIpc) is 2.60. The predicted octanol–water partition coefficient (Wildman–Crippen LogP) is 1.63. The molecule has 1 aliphatic heterocycles. The van der Waals surface area contributed by atoms with Gasteiger partial charge in [0.25, 0.3) is 0 Å². The molecular formula is C13H24N2O. The molecular weight excluding hydrogens is 200 g/mol. The van der Waals surface area contributed by atoms with Gasteiger partial charge in [0.05, 0.1) is 6.04 Å². The molecule has 1 amide bonds. The molecule has 1 heterocycles. The molecule has 0 bridgehead atoms. The molecule has 0 aromatic heterocycles. The molecule has 16 heavy (non-hydrogen) atoms. The van der Waals surface area contributed by atoms with E-state index >= 15 is 0 Å². The Bertz CT molecular complexity index is 254. The summed E-state index contributed by atoms with van der Waals surface area (Å²) in [6, 6.07) is 0.0843. The molecule has 3 atom stereocenters. The van der Waals surface area contributed by atoms with Gasteiger partial charge in [-0.15, -0.1) is 0 Å². The van der Waals surface area contributed by atoms with E-state index in [2.05, 4.69) is 17.1 Å². The molecule has 1 N–H and O–H groups in total. The van der Waals surface area contributed by atoms with E-state index in [4.69, 9.17) is 0 Å². The van der Waals surface area contributed by atoms with E-state index in [-0.39, 0.29) is 6.04 Å². The smallest absolute Gasteiger partial charge is 0.239 e. The van der Waals surface area contributed by atoms with Crippen LogP contribution in [0.2, 0.25) is 0 Å². The second-order valence-electron chi connectivity index (χ2n) is 5.55. The molecule has 92 valence electrons. The van der Waals surface area contributed by atoms with E-state index in [1.165, 1.54) is 25.7 Å². The third kappa shape index (κ3) is 2.57. The van der Waals surface area contributed by atoms with Gasteiger partial charge in [0, 0.05) is 13.1 Å². The topological polar surface area (TPSA) is 32.3 Å². The lowest BCUT2D eigenvalue weighted by molar-refractivity contribution is -0.130. The average molecular weight is 224 g/mol. The van der Waals surface area contributed by atoms with Gasteiger partial charge in [-0.3, -0.25) is 4.79 Å². The lowest BCUT2D eigenvalue weighted by Gasteiger charge is -2.30. The van der Waals surface area contributed by atoms with Gasteiger partial charge in [0.1, 0.15) is 0 Å². The minimum Gasteiger partial charge on any atom is -0.341 e. The fraction of sp³-hybridized carbons (Fsp3) is 0.923. The van der Waals surface area contributed by atoms with Gasteiger partial charge in [-0.2, -0.15) is 0 Å². The van der Waals surface area contributed by atoms with Crippen LogP contribution >= 0.6 is 0 Å². The summed E-state index contributed by atoms with van der Waals surface area (Å²) < 4.78 is 0. The molecule has 1 saturated heterocycles. The van der Waals surface area contributed by atoms with Crippen molar-refractivity contribution in [3.63, 3.8) is 0 Å². The Labute approximate surface area is 98.6 Å². The van der Waals surface area contributed by atoms with Gasteiger partial charge >= 0.3 is 0 Å². The number of likely N-dealkylation sites (tertiary alicyclic amines) is 1. The standard InChI is InChI=1S/C13H24N2O/c1-10-4-3-5-11(8-10)9-15-7-6-12(14-2)13(15)16/h10-12,14H,3-9H2,1-2H3. The molecule has 2 aliphatic rings. The van der Waals surface area contributed by atoms with Crippen molar-refractivity contribution < 1.29 is 4.79 Å². The first-order chi connectivity index (χ1) is 7.70. The Morgan fingerprint density at radius 3 is 2.81 bits per heavy atom. The Morgan fingerprint density at radius 2 is 2.19 bits per heavy atom. The minimum atomic E-state index is 0.0843. The molecule has 0 aromatic carbocycles. The molecule has 2 rings (SSSR count). The van der Waals surface area contributed by atoms with Crippen molar-refractivity contribution in [3.05, 3.63) is 0 Å². The van der Waals surface area contributed by atoms with E-state index in [0.29, 0.717) is 5.91 Å². The zero-order valence-corrected chi connectivity index (χ0v) is 10.5. The lowest BCUT2D eigenvalue weighted by Crippen LogP contribution is -2.39. The van der Waals surface area contributed by atoms with Crippen LogP contribution in [0.25, 0.3) is 0 Å². The lowest BCUT2D eigenvalue weighted by atomic mass is 9.82. The summed E-state index contributed by atoms with van der Waals surface area (Å²) >= 11 is 0. The van der Waals surface area contributed by atoms with Crippen molar-refractivity contribution >= 4 is 5.91 Å². The van der Waals surface area contributed by atoms with Crippen LogP contribution in [0.3, 0.4) is 0 Å². The molecule has 3 unspecified atom stereocenters. The highest BCUT2D eigenvalue weighted by molar-refractivity contribution is 5.83. The molecule has 3 nitrogen and oxygen atoms in total. The molecule has 2 fully saturated rings. The van der Waals surface area contributed by atoms with Crippen molar-refractivity contribution in [1.82, 2.24) is 10.2 Å². The van der Waals surface area contributed by atoms with Crippen LogP contribution in [0.1, 0.15) is 39.0 Å². The van der Waals surface area contributed by atoms with Crippen LogP contribution in [-0.4, -0.2) is 37.0 Å². The Hall–Kier alpha value is -0.570. The summed E-state index contributed by atoms with van der Waals surface area (Å²) in [6.45, 7) is 4.30. The molecule has 1 saturated carbocycles. The van der Waals surface area contributed by atoms with Crippen molar-refractivity contribution in [1.29, 1.82) is 0 Å². The van der Waals surface area contributed by atoms with E-state index < -0.39 is 0 Å². The summed E-state index contributed by atoms with van der Waals surface area (Å²) in [5, 5.41) is 3.10. The second kappa shape index (κ2) is 5.17. The van der Waals surface area contributed by atoms with Crippen LogP contribution in [-0.2, 0) is 4.79 Å². The third-order valence-electron chi connectivity index (χ3n) is 4.17. The number of nitrogens with zero attached hydrogens (tertiary/aromatic N) is 1. The first kappa shape index (κ1) is 11.9. The van der Waals surface area contributed by atoms with E-state index in [1.807, 2.05) is 7.05 Å².